The first-order valence-electron chi connectivity index (χ1n) is 2.50. The van der Waals surface area contributed by atoms with Crippen molar-refractivity contribution in [1.29, 1.82) is 0 Å². The highest BCUT2D eigenvalue weighted by molar-refractivity contribution is 8.10. The normalized spacial score (nSPS) is 16.6. The molecule has 0 radical (unpaired) electrons. The quantitative estimate of drug-likeness (QED) is 0.643. The van der Waals surface area contributed by atoms with E-state index in [-0.39, 0.29) is 18.4 Å². The fraction of sp³-hybridized carbons (Fsp3) is 1.00. The lowest BCUT2D eigenvalue weighted by Crippen LogP contribution is -2.17. The summed E-state index contributed by atoms with van der Waals surface area (Å²) in [5.41, 5.74) is 0. The smallest absolute Gasteiger partial charge is 0.124 e. The van der Waals surface area contributed by atoms with E-state index >= 15 is 0 Å². The van der Waals surface area contributed by atoms with E-state index in [4.69, 9.17) is 16.7 Å². The standard InChI is InChI=1S/C4H12NOPS.ClH/c1-4(2)5-7(3,6)8;/h4H,1-3H3,(H2,5,6,8);1H. The summed E-state index contributed by atoms with van der Waals surface area (Å²) in [6, 6.07) is 0.288. The Labute approximate surface area is 67.6 Å². The minimum Gasteiger partial charge on any atom is -0.354 e. The van der Waals surface area contributed by atoms with E-state index in [0.717, 1.165) is 0 Å². The molecule has 2 nitrogen and oxygen atoms in total. The average molecular weight is 190 g/mol. The van der Waals surface area contributed by atoms with E-state index in [2.05, 4.69) is 5.09 Å². The van der Waals surface area contributed by atoms with Gasteiger partial charge in [-0.05, 0) is 13.8 Å². The fourth-order valence-corrected chi connectivity index (χ4v) is 2.07. The van der Waals surface area contributed by atoms with Crippen molar-refractivity contribution in [3.05, 3.63) is 0 Å². The Bertz CT molecular complexity index is 113. The third-order valence-electron chi connectivity index (χ3n) is 0.498. The van der Waals surface area contributed by atoms with Gasteiger partial charge in [-0.3, -0.25) is 5.09 Å². The molecule has 0 fully saturated rings. The number of rotatable bonds is 2. The molecule has 0 aliphatic rings. The molecule has 2 N–H and O–H groups in total. The van der Waals surface area contributed by atoms with Gasteiger partial charge in [-0.25, -0.2) is 0 Å². The summed E-state index contributed by atoms with van der Waals surface area (Å²) in [6.07, 6.45) is -2.14. The fourth-order valence-electron chi connectivity index (χ4n) is 0.479. The van der Waals surface area contributed by atoms with Crippen molar-refractivity contribution in [2.24, 2.45) is 0 Å². The van der Waals surface area contributed by atoms with Crippen molar-refractivity contribution < 1.29 is 4.89 Å². The van der Waals surface area contributed by atoms with Crippen molar-refractivity contribution in [1.82, 2.24) is 5.09 Å². The van der Waals surface area contributed by atoms with Crippen LogP contribution in [-0.4, -0.2) is 17.6 Å². The van der Waals surface area contributed by atoms with Crippen molar-refractivity contribution >= 4 is 30.6 Å². The van der Waals surface area contributed by atoms with E-state index in [1.807, 2.05) is 13.8 Å². The highest BCUT2D eigenvalue weighted by Gasteiger charge is 2.03. The SMILES string of the molecule is CC(C)NP(C)(O)=S.Cl. The Morgan fingerprint density at radius 2 is 1.89 bits per heavy atom. The Morgan fingerprint density at radius 1 is 1.56 bits per heavy atom. The molecule has 1 unspecified atom stereocenters. The molecule has 0 saturated heterocycles. The summed E-state index contributed by atoms with van der Waals surface area (Å²) in [5, 5.41) is 2.86. The lowest BCUT2D eigenvalue weighted by molar-refractivity contribution is 0.592. The van der Waals surface area contributed by atoms with Gasteiger partial charge in [0.2, 0.25) is 0 Å². The summed E-state index contributed by atoms with van der Waals surface area (Å²) >= 11 is 4.72. The molecule has 5 heteroatoms. The summed E-state index contributed by atoms with van der Waals surface area (Å²) in [7, 11) is 0. The molecular weight excluding hydrogens is 177 g/mol. The third-order valence-corrected chi connectivity index (χ3v) is 1.81. The number of hydrogen-bond acceptors (Lipinski definition) is 1. The van der Waals surface area contributed by atoms with Crippen LogP contribution >= 0.6 is 18.8 Å². The van der Waals surface area contributed by atoms with E-state index in [1.54, 1.807) is 6.66 Å². The average Bonchev–Trinajstić information content (AvgIpc) is 1.21. The van der Waals surface area contributed by atoms with Crippen molar-refractivity contribution in [3.63, 3.8) is 0 Å². The highest BCUT2D eigenvalue weighted by Crippen LogP contribution is 2.29. The van der Waals surface area contributed by atoms with E-state index < -0.39 is 6.42 Å². The largest absolute Gasteiger partial charge is 0.354 e. The van der Waals surface area contributed by atoms with Crippen molar-refractivity contribution in [3.8, 4) is 0 Å². The van der Waals surface area contributed by atoms with Gasteiger partial charge in [0.15, 0.2) is 0 Å². The summed E-state index contributed by atoms with van der Waals surface area (Å²) < 4.78 is 0. The summed E-state index contributed by atoms with van der Waals surface area (Å²) in [4.78, 5) is 9.00. The molecule has 0 saturated carbocycles. The second-order valence-corrected chi connectivity index (χ2v) is 6.31. The van der Waals surface area contributed by atoms with Gasteiger partial charge in [0, 0.05) is 12.7 Å². The Kier molecular flexibility index (Phi) is 6.46. The van der Waals surface area contributed by atoms with Gasteiger partial charge in [-0.1, -0.05) is 11.8 Å². The van der Waals surface area contributed by atoms with Crippen LogP contribution in [0.4, 0.5) is 0 Å². The minimum atomic E-state index is -2.14. The molecule has 0 aromatic heterocycles. The minimum absolute atomic E-state index is 0. The van der Waals surface area contributed by atoms with Gasteiger partial charge in [-0.15, -0.1) is 12.4 Å². The van der Waals surface area contributed by atoms with Gasteiger partial charge in [0.1, 0.15) is 6.42 Å². The zero-order valence-corrected chi connectivity index (χ0v) is 8.32. The summed E-state index contributed by atoms with van der Waals surface area (Å²) in [5.74, 6) is 0. The van der Waals surface area contributed by atoms with Crippen LogP contribution < -0.4 is 5.09 Å². The van der Waals surface area contributed by atoms with Gasteiger partial charge in [0.25, 0.3) is 0 Å². The molecule has 58 valence electrons. The van der Waals surface area contributed by atoms with Crippen LogP contribution in [0.25, 0.3) is 0 Å². The molecule has 0 rings (SSSR count). The first kappa shape index (κ1) is 12.5. The predicted octanol–water partition coefficient (Wildman–Crippen LogP) is 1.34. The van der Waals surface area contributed by atoms with Gasteiger partial charge >= 0.3 is 0 Å². The van der Waals surface area contributed by atoms with Crippen LogP contribution in [0.3, 0.4) is 0 Å². The maximum Gasteiger partial charge on any atom is 0.124 e. The second-order valence-electron chi connectivity index (χ2n) is 2.16. The van der Waals surface area contributed by atoms with Crippen LogP contribution in [0.15, 0.2) is 0 Å². The zero-order valence-electron chi connectivity index (χ0n) is 5.79. The molecule has 9 heavy (non-hydrogen) atoms. The highest BCUT2D eigenvalue weighted by atomic mass is 35.5. The Morgan fingerprint density at radius 3 is 1.89 bits per heavy atom. The van der Waals surface area contributed by atoms with Crippen molar-refractivity contribution in [2.45, 2.75) is 19.9 Å². The number of hydrogen-bond donors (Lipinski definition) is 2. The molecule has 0 aliphatic heterocycles. The first-order valence-corrected chi connectivity index (χ1v) is 5.70. The molecule has 0 bridgehead atoms. The van der Waals surface area contributed by atoms with Crippen LogP contribution in [-0.2, 0) is 11.8 Å². The molecule has 1 atom stereocenters. The van der Waals surface area contributed by atoms with E-state index in [9.17, 15) is 0 Å². The molecule has 0 aliphatic carbocycles. The molecule has 0 spiro atoms. The lowest BCUT2D eigenvalue weighted by atomic mass is 10.4. The van der Waals surface area contributed by atoms with Gasteiger partial charge < -0.3 is 4.89 Å². The molecule has 0 aromatic carbocycles. The molecule has 0 amide bonds. The van der Waals surface area contributed by atoms with Gasteiger partial charge in [-0.2, -0.15) is 0 Å². The van der Waals surface area contributed by atoms with E-state index in [1.165, 1.54) is 0 Å². The maximum absolute atomic E-state index is 9.00. The van der Waals surface area contributed by atoms with Crippen molar-refractivity contribution in [2.75, 3.05) is 6.66 Å². The van der Waals surface area contributed by atoms with Crippen LogP contribution in [0.5, 0.6) is 0 Å². The predicted molar refractivity (Wildman–Crippen MR) is 47.9 cm³/mol. The lowest BCUT2D eigenvalue weighted by Gasteiger charge is -2.13. The van der Waals surface area contributed by atoms with Gasteiger partial charge in [0.05, 0.1) is 0 Å². The summed E-state index contributed by atoms with van der Waals surface area (Å²) in [6.45, 7) is 5.57. The molecule has 0 aromatic rings. The monoisotopic (exact) mass is 189 g/mol. The van der Waals surface area contributed by atoms with Crippen LogP contribution in [0, 0.1) is 0 Å². The Hall–Kier alpha value is 0.860. The van der Waals surface area contributed by atoms with E-state index in [0.29, 0.717) is 0 Å². The molecule has 0 heterocycles. The number of halogens is 1. The maximum atomic E-state index is 9.00. The second kappa shape index (κ2) is 4.64. The Balaban J connectivity index is 0. The van der Waals surface area contributed by atoms with Crippen LogP contribution in [0.2, 0.25) is 0 Å². The zero-order chi connectivity index (χ0) is 6.78. The molecular formula is C4H13ClNOPS. The topological polar surface area (TPSA) is 32.3 Å². The number of nitrogens with one attached hydrogen (secondary N) is 1. The third kappa shape index (κ3) is 12.1. The first-order chi connectivity index (χ1) is 3.42. The van der Waals surface area contributed by atoms with Crippen LogP contribution in [0.1, 0.15) is 13.8 Å².